The number of rotatable bonds is 10. The molecule has 0 amide bonds. The Labute approximate surface area is 545 Å². The number of benzene rings is 14. The van der Waals surface area contributed by atoms with E-state index in [0.717, 1.165) is 34.9 Å². The van der Waals surface area contributed by atoms with Crippen molar-refractivity contribution in [2.24, 2.45) is 0 Å². The molecule has 0 atom stereocenters. The summed E-state index contributed by atoms with van der Waals surface area (Å²) in [6, 6.07) is 120. The number of nitrogens with zero attached hydrogens (tertiary/aromatic N) is 2. The first-order valence-electron chi connectivity index (χ1n) is 31.7. The maximum atomic E-state index is 2.41. The highest BCUT2D eigenvalue weighted by molar-refractivity contribution is 7.26. The summed E-state index contributed by atoms with van der Waals surface area (Å²) in [6.07, 6.45) is 0.970. The van der Waals surface area contributed by atoms with Crippen molar-refractivity contribution in [1.29, 1.82) is 0 Å². The van der Waals surface area contributed by atoms with Crippen LogP contribution in [-0.2, 0) is 11.8 Å². The lowest BCUT2D eigenvalue weighted by atomic mass is 9.82. The lowest BCUT2D eigenvalue weighted by molar-refractivity contribution is 0.660. The van der Waals surface area contributed by atoms with Crippen molar-refractivity contribution >= 4 is 97.1 Å². The molecule has 0 aliphatic heterocycles. The molecule has 2 aliphatic carbocycles. The van der Waals surface area contributed by atoms with Crippen LogP contribution in [0.5, 0.6) is 0 Å². The molecule has 0 radical (unpaired) electrons. The maximum absolute atomic E-state index is 2.41. The van der Waals surface area contributed by atoms with Crippen LogP contribution in [-0.4, -0.2) is 0 Å². The molecule has 2 aliphatic rings. The molecule has 0 spiro atoms. The largest absolute Gasteiger partial charge is 0.310 e. The van der Waals surface area contributed by atoms with Gasteiger partial charge in [-0.15, -0.1) is 22.7 Å². The lowest BCUT2D eigenvalue weighted by Crippen LogP contribution is -2.16. The third kappa shape index (κ3) is 9.79. The van der Waals surface area contributed by atoms with Gasteiger partial charge in [0.25, 0.3) is 0 Å². The minimum atomic E-state index is -0.0780. The number of fused-ring (bicyclic) bond motifs is 12. The summed E-state index contributed by atoms with van der Waals surface area (Å²) in [5, 5.41) is 5.31. The monoisotopic (exact) mass is 1210 g/mol. The predicted molar refractivity (Wildman–Crippen MR) is 396 cm³/mol. The van der Waals surface area contributed by atoms with Crippen LogP contribution in [0.3, 0.4) is 0 Å². The zero-order chi connectivity index (χ0) is 61.3. The molecule has 0 bridgehead atoms. The van der Waals surface area contributed by atoms with Crippen LogP contribution in [0.25, 0.3) is 107 Å². The molecule has 2 aromatic heterocycles. The van der Waals surface area contributed by atoms with E-state index in [1.165, 1.54) is 135 Å². The molecule has 18 rings (SSSR count). The molecular formula is C88H62N2S2. The molecular weight excluding hydrogens is 1150 g/mol. The summed E-state index contributed by atoms with van der Waals surface area (Å²) in [7, 11) is 0. The van der Waals surface area contributed by atoms with E-state index >= 15 is 0 Å². The molecule has 0 fully saturated rings. The van der Waals surface area contributed by atoms with Crippen molar-refractivity contribution < 1.29 is 0 Å². The Balaban J connectivity index is 0.000000141. The van der Waals surface area contributed by atoms with Gasteiger partial charge in [-0.1, -0.05) is 244 Å². The highest BCUT2D eigenvalue weighted by Gasteiger charge is 2.36. The van der Waals surface area contributed by atoms with E-state index in [4.69, 9.17) is 0 Å². The van der Waals surface area contributed by atoms with Gasteiger partial charge in [-0.25, -0.2) is 0 Å². The highest BCUT2D eigenvalue weighted by atomic mass is 32.1. The van der Waals surface area contributed by atoms with Crippen LogP contribution in [0.4, 0.5) is 34.1 Å². The average Bonchev–Trinajstić information content (AvgIpc) is 1.62. The molecule has 2 nitrogen and oxygen atoms in total. The summed E-state index contributed by atoms with van der Waals surface area (Å²) in [4.78, 5) is 4.80. The van der Waals surface area contributed by atoms with E-state index in [-0.39, 0.29) is 5.41 Å². The Morgan fingerprint density at radius 3 is 1.38 bits per heavy atom. The van der Waals surface area contributed by atoms with Crippen LogP contribution in [0.15, 0.2) is 328 Å². The van der Waals surface area contributed by atoms with Crippen LogP contribution in [0, 0.1) is 0 Å². The molecule has 0 saturated carbocycles. The summed E-state index contributed by atoms with van der Waals surface area (Å²) < 4.78 is 5.34. The smallest absolute Gasteiger partial charge is 0.0467 e. The molecule has 16 aromatic rings. The van der Waals surface area contributed by atoms with Crippen molar-refractivity contribution in [2.75, 3.05) is 9.80 Å². The third-order valence-electron chi connectivity index (χ3n) is 19.0. The normalized spacial score (nSPS) is 12.5. The van der Waals surface area contributed by atoms with Gasteiger partial charge in [0.05, 0.1) is 0 Å². The Morgan fingerprint density at radius 2 is 0.685 bits per heavy atom. The lowest BCUT2D eigenvalue weighted by Gasteiger charge is -2.28. The van der Waals surface area contributed by atoms with Crippen molar-refractivity contribution in [2.45, 2.75) is 25.7 Å². The Bertz CT molecular complexity index is 5450. The first-order chi connectivity index (χ1) is 45.3. The zero-order valence-electron chi connectivity index (χ0n) is 51.1. The van der Waals surface area contributed by atoms with E-state index < -0.39 is 0 Å². The SMILES string of the molecule is CC1(C)c2ccccc2-c2ccc(N(c3ccc(-c4ccccc4)cc3)c3cccc(-c4ccc5sc6ccccc6c5c4)c3)cc21.c1ccc(-c2ccc(N(c3ccc(-c4cccc5c4sc4ccccc45)cc3)c3ccc4c(c3)Cc3ccccc3-4)cc2)cc1. The molecule has 436 valence electrons. The molecule has 0 N–H and O–H groups in total. The number of thiophene rings is 2. The predicted octanol–water partition coefficient (Wildman–Crippen LogP) is 25.6. The zero-order valence-corrected chi connectivity index (χ0v) is 52.7. The minimum Gasteiger partial charge on any atom is -0.310 e. The van der Waals surface area contributed by atoms with E-state index in [2.05, 4.69) is 351 Å². The maximum Gasteiger partial charge on any atom is 0.0467 e. The molecule has 92 heavy (non-hydrogen) atoms. The molecule has 4 heteroatoms. The van der Waals surface area contributed by atoms with Gasteiger partial charge < -0.3 is 9.80 Å². The van der Waals surface area contributed by atoms with Gasteiger partial charge in [0, 0.05) is 79.9 Å². The summed E-state index contributed by atoms with van der Waals surface area (Å²) in [5.74, 6) is 0. The number of hydrogen-bond acceptors (Lipinski definition) is 4. The first-order valence-corrected chi connectivity index (χ1v) is 33.4. The molecule has 14 aromatic carbocycles. The topological polar surface area (TPSA) is 6.48 Å². The van der Waals surface area contributed by atoms with Gasteiger partial charge in [-0.3, -0.25) is 0 Å². The number of hydrogen-bond donors (Lipinski definition) is 0. The second-order valence-electron chi connectivity index (χ2n) is 24.8. The standard InChI is InChI=1S/C45H33NS.C43H29NS/c1-45(2)41-17-8-6-15-37(41)38-25-24-36(29-42(38)45)46(34-22-19-31(20-23-34)30-11-4-3-5-12-30)35-14-10-13-32(27-35)33-21-26-44-40(28-33)39-16-7-9-18-43(39)47-44;1-2-9-29(10-3-1)30-17-21-34(22-18-30)44(36-25-26-38-33(28-36)27-32-11-4-5-12-37(32)38)35-23-19-31(20-24-35)39-14-8-15-41-40-13-6-7-16-42(40)45-43(39)41/h3-29H,1-2H3;1-26,28H,27H2. The number of anilines is 6. The van der Waals surface area contributed by atoms with Gasteiger partial charge >= 0.3 is 0 Å². The Morgan fingerprint density at radius 1 is 0.250 bits per heavy atom. The van der Waals surface area contributed by atoms with Gasteiger partial charge in [0.1, 0.15) is 0 Å². The molecule has 0 saturated heterocycles. The van der Waals surface area contributed by atoms with Gasteiger partial charge in [0.2, 0.25) is 0 Å². The summed E-state index contributed by atoms with van der Waals surface area (Å²) in [6.45, 7) is 4.71. The second-order valence-corrected chi connectivity index (χ2v) is 26.9. The average molecular weight is 1210 g/mol. The van der Waals surface area contributed by atoms with Gasteiger partial charge in [-0.2, -0.15) is 0 Å². The Hall–Kier alpha value is -10.9. The van der Waals surface area contributed by atoms with Gasteiger partial charge in [-0.05, 0) is 192 Å². The van der Waals surface area contributed by atoms with Crippen molar-refractivity contribution in [3.05, 3.63) is 350 Å². The molecule has 2 heterocycles. The molecule has 0 unspecified atom stereocenters. The highest BCUT2D eigenvalue weighted by Crippen LogP contribution is 2.52. The second kappa shape index (κ2) is 22.9. The minimum absolute atomic E-state index is 0.0780. The fourth-order valence-electron chi connectivity index (χ4n) is 14.4. The van der Waals surface area contributed by atoms with E-state index in [1.54, 1.807) is 0 Å². The van der Waals surface area contributed by atoms with E-state index in [9.17, 15) is 0 Å². The summed E-state index contributed by atoms with van der Waals surface area (Å²) in [5.41, 5.74) is 27.6. The van der Waals surface area contributed by atoms with Crippen LogP contribution < -0.4 is 9.80 Å². The van der Waals surface area contributed by atoms with Crippen molar-refractivity contribution in [3.63, 3.8) is 0 Å². The van der Waals surface area contributed by atoms with Crippen molar-refractivity contribution in [1.82, 2.24) is 0 Å². The van der Waals surface area contributed by atoms with E-state index in [0.29, 0.717) is 0 Å². The van der Waals surface area contributed by atoms with Crippen molar-refractivity contribution in [3.8, 4) is 66.8 Å². The summed E-state index contributed by atoms with van der Waals surface area (Å²) >= 11 is 3.75. The van der Waals surface area contributed by atoms with E-state index in [1.807, 2.05) is 22.7 Å². The van der Waals surface area contributed by atoms with Crippen LogP contribution >= 0.6 is 22.7 Å². The fourth-order valence-corrected chi connectivity index (χ4v) is 16.7. The third-order valence-corrected chi connectivity index (χ3v) is 21.4. The van der Waals surface area contributed by atoms with Crippen LogP contribution in [0.2, 0.25) is 0 Å². The quantitative estimate of drug-likeness (QED) is 0.135. The Kier molecular flexibility index (Phi) is 13.7. The van der Waals surface area contributed by atoms with Gasteiger partial charge in [0.15, 0.2) is 0 Å². The fraction of sp³-hybridized carbons (Fsp3) is 0.0455. The van der Waals surface area contributed by atoms with Crippen LogP contribution in [0.1, 0.15) is 36.1 Å². The first kappa shape index (κ1) is 55.2.